The molecule has 2 unspecified atom stereocenters. The van der Waals surface area contributed by atoms with Crippen LogP contribution in [0.15, 0.2) is 30.3 Å². The Morgan fingerprint density at radius 1 is 1.12 bits per heavy atom. The van der Waals surface area contributed by atoms with Gasteiger partial charge in [0, 0.05) is 32.2 Å². The third-order valence-electron chi connectivity index (χ3n) is 6.54. The number of nitrogens with zero attached hydrogens (tertiary/aromatic N) is 2. The molecular formula is C21H32N4O. The van der Waals surface area contributed by atoms with Crippen LogP contribution in [0.3, 0.4) is 0 Å². The third kappa shape index (κ3) is 3.80. The fourth-order valence-corrected chi connectivity index (χ4v) is 4.99. The lowest BCUT2D eigenvalue weighted by Gasteiger charge is -2.38. The van der Waals surface area contributed by atoms with Crippen molar-refractivity contribution >= 4 is 5.91 Å². The summed E-state index contributed by atoms with van der Waals surface area (Å²) in [6, 6.07) is 11.2. The molecule has 1 aromatic carbocycles. The normalized spacial score (nSPS) is 30.8. The van der Waals surface area contributed by atoms with Crippen LogP contribution in [0, 0.1) is 11.8 Å². The summed E-state index contributed by atoms with van der Waals surface area (Å²) in [5.74, 6) is 1.73. The highest BCUT2D eigenvalue weighted by Gasteiger charge is 2.37. The molecule has 3 heterocycles. The van der Waals surface area contributed by atoms with E-state index >= 15 is 0 Å². The molecule has 0 radical (unpaired) electrons. The molecule has 2 N–H and O–H groups in total. The Morgan fingerprint density at radius 3 is 2.58 bits per heavy atom. The maximum atomic E-state index is 13.1. The Balaban J connectivity index is 1.32. The number of hydrogen-bond acceptors (Lipinski definition) is 4. The molecule has 3 saturated heterocycles. The van der Waals surface area contributed by atoms with E-state index in [9.17, 15) is 4.79 Å². The molecule has 0 spiro atoms. The van der Waals surface area contributed by atoms with Gasteiger partial charge >= 0.3 is 0 Å². The average Bonchev–Trinajstić information content (AvgIpc) is 3.31. The highest BCUT2D eigenvalue weighted by molar-refractivity contribution is 5.82. The Kier molecular flexibility index (Phi) is 5.57. The first kappa shape index (κ1) is 18.0. The lowest BCUT2D eigenvalue weighted by atomic mass is 9.84. The monoisotopic (exact) mass is 356 g/mol. The molecule has 4 rings (SSSR count). The number of likely N-dealkylation sites (tertiary alicyclic amines) is 2. The van der Waals surface area contributed by atoms with E-state index < -0.39 is 0 Å². The Morgan fingerprint density at radius 2 is 1.88 bits per heavy atom. The van der Waals surface area contributed by atoms with Gasteiger partial charge in [-0.05, 0) is 49.6 Å². The van der Waals surface area contributed by atoms with E-state index in [1.165, 1.54) is 5.56 Å². The molecule has 3 aliphatic heterocycles. The molecule has 5 nitrogen and oxygen atoms in total. The lowest BCUT2D eigenvalue weighted by Crippen LogP contribution is -2.50. The van der Waals surface area contributed by atoms with E-state index in [1.54, 1.807) is 0 Å². The minimum absolute atomic E-state index is 0.0805. The van der Waals surface area contributed by atoms with Gasteiger partial charge < -0.3 is 4.90 Å². The number of piperidine rings is 1. The number of nitrogens with one attached hydrogen (secondary N) is 2. The zero-order chi connectivity index (χ0) is 17.9. The molecular weight excluding hydrogens is 324 g/mol. The summed E-state index contributed by atoms with van der Waals surface area (Å²) in [5, 5.41) is 0. The molecule has 3 fully saturated rings. The van der Waals surface area contributed by atoms with E-state index in [0.717, 1.165) is 58.4 Å². The van der Waals surface area contributed by atoms with Crippen molar-refractivity contribution in [3.63, 3.8) is 0 Å². The lowest BCUT2D eigenvalue weighted by molar-refractivity contribution is -0.137. The third-order valence-corrected chi connectivity index (χ3v) is 6.54. The first-order valence-electron chi connectivity index (χ1n) is 10.3. The van der Waals surface area contributed by atoms with Gasteiger partial charge in [0.2, 0.25) is 5.91 Å². The Labute approximate surface area is 157 Å². The van der Waals surface area contributed by atoms with Gasteiger partial charge in [-0.2, -0.15) is 0 Å². The molecule has 1 aromatic rings. The number of hydrogen-bond donors (Lipinski definition) is 2. The summed E-state index contributed by atoms with van der Waals surface area (Å²) in [6.07, 6.45) is 4.40. The van der Waals surface area contributed by atoms with E-state index in [4.69, 9.17) is 0 Å². The molecule has 3 atom stereocenters. The van der Waals surface area contributed by atoms with Crippen LogP contribution in [0.25, 0.3) is 0 Å². The van der Waals surface area contributed by atoms with Gasteiger partial charge in [-0.25, -0.2) is 0 Å². The summed E-state index contributed by atoms with van der Waals surface area (Å²) < 4.78 is 0. The molecule has 0 aromatic heterocycles. The van der Waals surface area contributed by atoms with Gasteiger partial charge in [0.1, 0.15) is 0 Å². The van der Waals surface area contributed by atoms with Gasteiger partial charge in [-0.15, -0.1) is 0 Å². The van der Waals surface area contributed by atoms with E-state index in [2.05, 4.69) is 57.9 Å². The van der Waals surface area contributed by atoms with E-state index in [0.29, 0.717) is 23.8 Å². The predicted octanol–water partition coefficient (Wildman–Crippen LogP) is 2.00. The maximum absolute atomic E-state index is 13.1. The van der Waals surface area contributed by atoms with Gasteiger partial charge in [-0.1, -0.05) is 37.3 Å². The number of carbonyl (C=O) groups is 1. The van der Waals surface area contributed by atoms with Crippen LogP contribution in [-0.2, 0) is 11.3 Å². The summed E-state index contributed by atoms with van der Waals surface area (Å²) in [6.45, 7) is 7.14. The minimum atomic E-state index is 0.0805. The van der Waals surface area contributed by atoms with Crippen molar-refractivity contribution in [2.45, 2.75) is 51.2 Å². The van der Waals surface area contributed by atoms with Crippen LogP contribution in [0.5, 0.6) is 0 Å². The standard InChI is InChI=1S/C21H32N4O/c1-16-14-22-23-20(16)18-9-12-24(13-10-18)21(26)19-8-5-11-25(19)15-17-6-3-2-4-7-17/h2-4,6-7,16,18-20,22-23H,5,8-15H2,1H3/t16?,19-,20?/m0/s1. The number of carbonyl (C=O) groups excluding carboxylic acids is 1. The molecule has 5 heteroatoms. The summed E-state index contributed by atoms with van der Waals surface area (Å²) in [7, 11) is 0. The van der Waals surface area contributed by atoms with Gasteiger partial charge in [0.15, 0.2) is 0 Å². The minimum Gasteiger partial charge on any atom is -0.341 e. The Bertz CT molecular complexity index is 599. The smallest absolute Gasteiger partial charge is 0.239 e. The summed E-state index contributed by atoms with van der Waals surface area (Å²) in [5.41, 5.74) is 8.04. The molecule has 0 aliphatic carbocycles. The summed E-state index contributed by atoms with van der Waals surface area (Å²) in [4.78, 5) is 17.7. The first-order valence-corrected chi connectivity index (χ1v) is 10.3. The number of hydrazine groups is 1. The molecule has 26 heavy (non-hydrogen) atoms. The van der Waals surface area contributed by atoms with Gasteiger partial charge in [0.25, 0.3) is 0 Å². The maximum Gasteiger partial charge on any atom is 0.239 e. The molecule has 142 valence electrons. The highest BCUT2D eigenvalue weighted by atomic mass is 16.2. The van der Waals surface area contributed by atoms with Crippen LogP contribution in [0.2, 0.25) is 0 Å². The second-order valence-electron chi connectivity index (χ2n) is 8.31. The Hall–Kier alpha value is -1.43. The van der Waals surface area contributed by atoms with E-state index in [1.807, 2.05) is 0 Å². The SMILES string of the molecule is CC1CNNC1C1CCN(C(=O)[C@@H]2CCCN2Cc2ccccc2)CC1. The van der Waals surface area contributed by atoms with Crippen molar-refractivity contribution in [1.29, 1.82) is 0 Å². The number of amides is 1. The van der Waals surface area contributed by atoms with Crippen LogP contribution in [0.1, 0.15) is 38.2 Å². The van der Waals surface area contributed by atoms with Crippen LogP contribution >= 0.6 is 0 Å². The summed E-state index contributed by atoms with van der Waals surface area (Å²) >= 11 is 0. The number of benzene rings is 1. The molecule has 0 saturated carbocycles. The average molecular weight is 357 g/mol. The second kappa shape index (κ2) is 8.07. The van der Waals surface area contributed by atoms with Crippen LogP contribution in [-0.4, -0.2) is 54.0 Å². The van der Waals surface area contributed by atoms with Crippen LogP contribution < -0.4 is 10.9 Å². The quantitative estimate of drug-likeness (QED) is 0.866. The van der Waals surface area contributed by atoms with Crippen molar-refractivity contribution in [3.8, 4) is 0 Å². The van der Waals surface area contributed by atoms with Crippen molar-refractivity contribution in [1.82, 2.24) is 20.7 Å². The fourth-order valence-electron chi connectivity index (χ4n) is 4.99. The number of rotatable bonds is 4. The highest BCUT2D eigenvalue weighted by Crippen LogP contribution is 2.28. The van der Waals surface area contributed by atoms with Crippen LogP contribution in [0.4, 0.5) is 0 Å². The first-order chi connectivity index (χ1) is 12.7. The zero-order valence-electron chi connectivity index (χ0n) is 15.9. The zero-order valence-corrected chi connectivity index (χ0v) is 15.9. The van der Waals surface area contributed by atoms with Crippen molar-refractivity contribution in [2.24, 2.45) is 11.8 Å². The topological polar surface area (TPSA) is 47.6 Å². The molecule has 0 bridgehead atoms. The largest absolute Gasteiger partial charge is 0.341 e. The van der Waals surface area contributed by atoms with Gasteiger partial charge in [-0.3, -0.25) is 20.5 Å². The van der Waals surface area contributed by atoms with Gasteiger partial charge in [0.05, 0.1) is 6.04 Å². The van der Waals surface area contributed by atoms with Crippen molar-refractivity contribution in [3.05, 3.63) is 35.9 Å². The fraction of sp³-hybridized carbons (Fsp3) is 0.667. The van der Waals surface area contributed by atoms with Crippen molar-refractivity contribution in [2.75, 3.05) is 26.2 Å². The van der Waals surface area contributed by atoms with E-state index in [-0.39, 0.29) is 6.04 Å². The second-order valence-corrected chi connectivity index (χ2v) is 8.31. The predicted molar refractivity (Wildman–Crippen MR) is 103 cm³/mol. The molecule has 1 amide bonds. The van der Waals surface area contributed by atoms with Crippen molar-refractivity contribution < 1.29 is 4.79 Å². The molecule has 3 aliphatic rings.